The second-order valence-electron chi connectivity index (χ2n) is 5.96. The molecule has 1 aliphatic rings. The summed E-state index contributed by atoms with van der Waals surface area (Å²) in [5.41, 5.74) is 1.77. The molecule has 1 atom stereocenters. The van der Waals surface area contributed by atoms with Crippen molar-refractivity contribution in [3.8, 4) is 0 Å². The largest absolute Gasteiger partial charge is 0.338 e. The van der Waals surface area contributed by atoms with Gasteiger partial charge in [-0.1, -0.05) is 12.1 Å². The molecule has 3 heterocycles. The second-order valence-corrected chi connectivity index (χ2v) is 7.14. The number of para-hydroxylation sites is 1. The summed E-state index contributed by atoms with van der Waals surface area (Å²) >= 11 is 1.71. The van der Waals surface area contributed by atoms with Gasteiger partial charge < -0.3 is 9.88 Å². The number of nitrogens with one attached hydrogen (secondary N) is 1. The van der Waals surface area contributed by atoms with Crippen molar-refractivity contribution >= 4 is 27.4 Å². The van der Waals surface area contributed by atoms with Gasteiger partial charge in [0, 0.05) is 11.4 Å². The highest BCUT2D eigenvalue weighted by atomic mass is 32.1. The van der Waals surface area contributed by atoms with Gasteiger partial charge in [0.15, 0.2) is 5.13 Å². The van der Waals surface area contributed by atoms with E-state index < -0.39 is 0 Å². The SMILES string of the molecule is Cc1nc(N2CCCC2c2nc3ccccc3c(=O)[nH]2)sc1C. The minimum Gasteiger partial charge on any atom is -0.338 e. The number of aromatic amines is 1. The molecular weight excluding hydrogens is 308 g/mol. The summed E-state index contributed by atoms with van der Waals surface area (Å²) in [6, 6.07) is 7.58. The van der Waals surface area contributed by atoms with E-state index in [0.717, 1.165) is 41.6 Å². The molecule has 0 spiro atoms. The van der Waals surface area contributed by atoms with E-state index in [1.165, 1.54) is 4.88 Å². The maximum atomic E-state index is 12.3. The van der Waals surface area contributed by atoms with E-state index in [4.69, 9.17) is 4.98 Å². The monoisotopic (exact) mass is 326 g/mol. The van der Waals surface area contributed by atoms with Gasteiger partial charge in [0.2, 0.25) is 0 Å². The average molecular weight is 326 g/mol. The predicted molar refractivity (Wildman–Crippen MR) is 93.3 cm³/mol. The molecule has 1 N–H and O–H groups in total. The number of hydrogen-bond donors (Lipinski definition) is 1. The topological polar surface area (TPSA) is 61.9 Å². The fraction of sp³-hybridized carbons (Fsp3) is 0.353. The van der Waals surface area contributed by atoms with Crippen LogP contribution < -0.4 is 10.5 Å². The highest BCUT2D eigenvalue weighted by molar-refractivity contribution is 7.15. The zero-order chi connectivity index (χ0) is 16.0. The number of benzene rings is 1. The first-order valence-corrected chi connectivity index (χ1v) is 8.65. The van der Waals surface area contributed by atoms with Gasteiger partial charge in [0.1, 0.15) is 5.82 Å². The first-order chi connectivity index (χ1) is 11.1. The summed E-state index contributed by atoms with van der Waals surface area (Å²) in [5.74, 6) is 0.747. The van der Waals surface area contributed by atoms with E-state index in [0.29, 0.717) is 5.39 Å². The summed E-state index contributed by atoms with van der Waals surface area (Å²) in [4.78, 5) is 28.2. The molecule has 0 bridgehead atoms. The lowest BCUT2D eigenvalue weighted by Gasteiger charge is -2.23. The van der Waals surface area contributed by atoms with Crippen molar-refractivity contribution in [3.05, 3.63) is 51.0 Å². The predicted octanol–water partition coefficient (Wildman–Crippen LogP) is 3.34. The minimum absolute atomic E-state index is 0.0658. The second kappa shape index (κ2) is 5.45. The highest BCUT2D eigenvalue weighted by Crippen LogP contribution is 2.37. The summed E-state index contributed by atoms with van der Waals surface area (Å²) < 4.78 is 0. The molecule has 4 rings (SSSR count). The number of thiazole rings is 1. The van der Waals surface area contributed by atoms with Gasteiger partial charge in [-0.2, -0.15) is 0 Å². The minimum atomic E-state index is -0.0658. The molecule has 0 amide bonds. The van der Waals surface area contributed by atoms with Crippen molar-refractivity contribution < 1.29 is 0 Å². The zero-order valence-corrected chi connectivity index (χ0v) is 14.0. The molecule has 0 saturated carbocycles. The number of aryl methyl sites for hydroxylation is 2. The molecule has 1 fully saturated rings. The van der Waals surface area contributed by atoms with Gasteiger partial charge in [-0.3, -0.25) is 4.79 Å². The molecule has 1 aromatic carbocycles. The maximum Gasteiger partial charge on any atom is 0.258 e. The molecule has 23 heavy (non-hydrogen) atoms. The Bertz CT molecular complexity index is 910. The fourth-order valence-electron chi connectivity index (χ4n) is 3.12. The maximum absolute atomic E-state index is 12.3. The smallest absolute Gasteiger partial charge is 0.258 e. The number of rotatable bonds is 2. The molecule has 0 aliphatic carbocycles. The van der Waals surface area contributed by atoms with E-state index in [1.54, 1.807) is 11.3 Å². The van der Waals surface area contributed by atoms with Crippen molar-refractivity contribution in [2.45, 2.75) is 32.7 Å². The van der Waals surface area contributed by atoms with Crippen LogP contribution >= 0.6 is 11.3 Å². The van der Waals surface area contributed by atoms with Crippen LogP contribution in [0.4, 0.5) is 5.13 Å². The fourth-order valence-corrected chi connectivity index (χ4v) is 4.11. The van der Waals surface area contributed by atoms with Gasteiger partial charge in [0.25, 0.3) is 5.56 Å². The van der Waals surface area contributed by atoms with Gasteiger partial charge in [0.05, 0.1) is 22.6 Å². The van der Waals surface area contributed by atoms with Crippen LogP contribution in [0.3, 0.4) is 0 Å². The summed E-state index contributed by atoms with van der Waals surface area (Å²) in [6.07, 6.45) is 2.07. The Kier molecular flexibility index (Phi) is 3.41. The van der Waals surface area contributed by atoms with Crippen molar-refractivity contribution in [1.29, 1.82) is 0 Å². The summed E-state index contributed by atoms with van der Waals surface area (Å²) in [5, 5.41) is 1.67. The van der Waals surface area contributed by atoms with Crippen molar-refractivity contribution in [3.63, 3.8) is 0 Å². The van der Waals surface area contributed by atoms with Gasteiger partial charge in [-0.05, 0) is 38.8 Å². The van der Waals surface area contributed by atoms with Crippen LogP contribution in [0.25, 0.3) is 10.9 Å². The molecular formula is C17H18N4OS. The standard InChI is InChI=1S/C17H18N4OS/c1-10-11(2)23-17(18-10)21-9-5-8-14(21)15-19-13-7-4-3-6-12(13)16(22)20-15/h3-4,6-7,14H,5,8-9H2,1-2H3,(H,19,20,22). The third-order valence-electron chi connectivity index (χ3n) is 4.46. The van der Waals surface area contributed by atoms with Crippen LogP contribution in [-0.4, -0.2) is 21.5 Å². The lowest BCUT2D eigenvalue weighted by Crippen LogP contribution is -2.26. The van der Waals surface area contributed by atoms with E-state index in [1.807, 2.05) is 31.2 Å². The lowest BCUT2D eigenvalue weighted by molar-refractivity contribution is 0.665. The van der Waals surface area contributed by atoms with E-state index >= 15 is 0 Å². The third-order valence-corrected chi connectivity index (χ3v) is 5.57. The quantitative estimate of drug-likeness (QED) is 0.784. The summed E-state index contributed by atoms with van der Waals surface area (Å²) in [6.45, 7) is 5.09. The summed E-state index contributed by atoms with van der Waals surface area (Å²) in [7, 11) is 0. The first-order valence-electron chi connectivity index (χ1n) is 7.83. The van der Waals surface area contributed by atoms with Crippen LogP contribution in [0.5, 0.6) is 0 Å². The average Bonchev–Trinajstić information content (AvgIpc) is 3.15. The number of aromatic nitrogens is 3. The number of hydrogen-bond acceptors (Lipinski definition) is 5. The van der Waals surface area contributed by atoms with Crippen LogP contribution in [0.1, 0.15) is 35.3 Å². The number of nitrogens with zero attached hydrogens (tertiary/aromatic N) is 3. The molecule has 1 saturated heterocycles. The van der Waals surface area contributed by atoms with Crippen LogP contribution in [0.15, 0.2) is 29.1 Å². The van der Waals surface area contributed by atoms with Gasteiger partial charge in [-0.25, -0.2) is 9.97 Å². The lowest BCUT2D eigenvalue weighted by atomic mass is 10.2. The van der Waals surface area contributed by atoms with Crippen LogP contribution in [-0.2, 0) is 0 Å². The Balaban J connectivity index is 1.78. The van der Waals surface area contributed by atoms with Crippen LogP contribution in [0.2, 0.25) is 0 Å². The Morgan fingerprint density at radius 2 is 2.09 bits per heavy atom. The van der Waals surface area contributed by atoms with Gasteiger partial charge in [-0.15, -0.1) is 11.3 Å². The Labute approximate surface area is 138 Å². The third kappa shape index (κ3) is 2.43. The van der Waals surface area contributed by atoms with Crippen molar-refractivity contribution in [2.75, 3.05) is 11.4 Å². The Hall–Kier alpha value is -2.21. The Morgan fingerprint density at radius 1 is 1.26 bits per heavy atom. The van der Waals surface area contributed by atoms with Gasteiger partial charge >= 0.3 is 0 Å². The molecule has 6 heteroatoms. The molecule has 2 aromatic heterocycles. The molecule has 0 radical (unpaired) electrons. The molecule has 1 unspecified atom stereocenters. The highest BCUT2D eigenvalue weighted by Gasteiger charge is 2.30. The number of anilines is 1. The Morgan fingerprint density at radius 3 is 2.87 bits per heavy atom. The normalized spacial score (nSPS) is 18.0. The van der Waals surface area contributed by atoms with Crippen LogP contribution in [0, 0.1) is 13.8 Å². The van der Waals surface area contributed by atoms with Crippen molar-refractivity contribution in [1.82, 2.24) is 15.0 Å². The first kappa shape index (κ1) is 14.4. The van der Waals surface area contributed by atoms with E-state index in [9.17, 15) is 4.79 Å². The molecule has 5 nitrogen and oxygen atoms in total. The zero-order valence-electron chi connectivity index (χ0n) is 13.2. The van der Waals surface area contributed by atoms with E-state index in [-0.39, 0.29) is 11.6 Å². The molecule has 118 valence electrons. The molecule has 1 aliphatic heterocycles. The number of fused-ring (bicyclic) bond motifs is 1. The van der Waals surface area contributed by atoms with E-state index in [2.05, 4.69) is 21.8 Å². The van der Waals surface area contributed by atoms with Crippen molar-refractivity contribution in [2.24, 2.45) is 0 Å². The number of H-pyrrole nitrogens is 1. The molecule has 3 aromatic rings.